The lowest BCUT2D eigenvalue weighted by Crippen LogP contribution is -2.27. The smallest absolute Gasteiger partial charge is 0.0640 e. The molecule has 1 aromatic heterocycles. The lowest BCUT2D eigenvalue weighted by Gasteiger charge is -2.22. The highest BCUT2D eigenvalue weighted by Crippen LogP contribution is 2.27. The Kier molecular flexibility index (Phi) is 5.90. The van der Waals surface area contributed by atoms with Gasteiger partial charge in [0.1, 0.15) is 0 Å². The van der Waals surface area contributed by atoms with E-state index in [4.69, 9.17) is 5.10 Å². The zero-order valence-electron chi connectivity index (χ0n) is 12.6. The van der Waals surface area contributed by atoms with E-state index in [0.29, 0.717) is 12.1 Å². The molecular weight excluding hydrogens is 234 g/mol. The Morgan fingerprint density at radius 2 is 2.16 bits per heavy atom. The summed E-state index contributed by atoms with van der Waals surface area (Å²) in [5.41, 5.74) is 1.25. The van der Waals surface area contributed by atoms with Crippen LogP contribution in [-0.4, -0.2) is 22.9 Å². The molecular formula is C16H29N3. The van der Waals surface area contributed by atoms with Crippen molar-refractivity contribution < 1.29 is 0 Å². The molecule has 0 radical (unpaired) electrons. The lowest BCUT2D eigenvalue weighted by atomic mass is 9.96. The van der Waals surface area contributed by atoms with Gasteiger partial charge in [-0.3, -0.25) is 4.68 Å². The molecule has 1 aromatic rings. The SMILES string of the molecule is CCCCC(Cc1ccn(C2CCCCC2)n1)NC. The number of hydrogen-bond acceptors (Lipinski definition) is 2. The van der Waals surface area contributed by atoms with Gasteiger partial charge in [-0.25, -0.2) is 0 Å². The minimum atomic E-state index is 0.578. The highest BCUT2D eigenvalue weighted by molar-refractivity contribution is 5.02. The van der Waals surface area contributed by atoms with Crippen molar-refractivity contribution in [1.29, 1.82) is 0 Å². The molecule has 2 rings (SSSR count). The van der Waals surface area contributed by atoms with E-state index < -0.39 is 0 Å². The number of rotatable bonds is 7. The van der Waals surface area contributed by atoms with Gasteiger partial charge in [0.25, 0.3) is 0 Å². The van der Waals surface area contributed by atoms with Gasteiger partial charge in [0.05, 0.1) is 11.7 Å². The first-order chi connectivity index (χ1) is 9.33. The Balaban J connectivity index is 1.88. The van der Waals surface area contributed by atoms with Crippen molar-refractivity contribution in [1.82, 2.24) is 15.1 Å². The molecule has 19 heavy (non-hydrogen) atoms. The van der Waals surface area contributed by atoms with Crippen LogP contribution in [0.3, 0.4) is 0 Å². The predicted octanol–water partition coefficient (Wildman–Crippen LogP) is 3.71. The number of nitrogens with one attached hydrogen (secondary N) is 1. The number of likely N-dealkylation sites (N-methyl/N-ethyl adjacent to an activating group) is 1. The van der Waals surface area contributed by atoms with Crippen molar-refractivity contribution in [3.63, 3.8) is 0 Å². The molecule has 0 amide bonds. The Bertz CT molecular complexity index is 353. The second-order valence-corrected chi connectivity index (χ2v) is 5.91. The van der Waals surface area contributed by atoms with E-state index in [-0.39, 0.29) is 0 Å². The van der Waals surface area contributed by atoms with Crippen molar-refractivity contribution in [2.45, 2.75) is 76.8 Å². The van der Waals surface area contributed by atoms with E-state index in [1.807, 2.05) is 0 Å². The molecule has 108 valence electrons. The van der Waals surface area contributed by atoms with Gasteiger partial charge in [0.15, 0.2) is 0 Å². The average Bonchev–Trinajstić information content (AvgIpc) is 2.93. The molecule has 1 atom stereocenters. The summed E-state index contributed by atoms with van der Waals surface area (Å²) in [4.78, 5) is 0. The van der Waals surface area contributed by atoms with Crippen LogP contribution in [0.4, 0.5) is 0 Å². The zero-order valence-corrected chi connectivity index (χ0v) is 12.6. The molecule has 1 aliphatic rings. The van der Waals surface area contributed by atoms with E-state index in [9.17, 15) is 0 Å². The van der Waals surface area contributed by atoms with E-state index in [2.05, 4.69) is 36.2 Å². The van der Waals surface area contributed by atoms with E-state index in [0.717, 1.165) is 6.42 Å². The first-order valence-electron chi connectivity index (χ1n) is 8.04. The van der Waals surface area contributed by atoms with E-state index >= 15 is 0 Å². The highest BCUT2D eigenvalue weighted by atomic mass is 15.3. The Morgan fingerprint density at radius 1 is 1.37 bits per heavy atom. The number of aromatic nitrogens is 2. The molecule has 1 N–H and O–H groups in total. The summed E-state index contributed by atoms with van der Waals surface area (Å²) in [6.07, 6.45) is 13.9. The summed E-state index contributed by atoms with van der Waals surface area (Å²) in [7, 11) is 2.07. The third-order valence-corrected chi connectivity index (χ3v) is 4.38. The van der Waals surface area contributed by atoms with Gasteiger partial charge in [-0.15, -0.1) is 0 Å². The van der Waals surface area contributed by atoms with Crippen LogP contribution in [0.2, 0.25) is 0 Å². The van der Waals surface area contributed by atoms with Crippen molar-refractivity contribution in [3.05, 3.63) is 18.0 Å². The molecule has 1 aliphatic carbocycles. The van der Waals surface area contributed by atoms with E-state index in [1.165, 1.54) is 57.1 Å². The standard InChI is InChI=1S/C16H29N3/c1-3-4-8-14(17-2)13-15-11-12-19(18-15)16-9-6-5-7-10-16/h11-12,14,16-17H,3-10,13H2,1-2H3. The summed E-state index contributed by atoms with van der Waals surface area (Å²) in [5.74, 6) is 0. The first kappa shape index (κ1) is 14.6. The summed E-state index contributed by atoms with van der Waals surface area (Å²) >= 11 is 0. The predicted molar refractivity (Wildman–Crippen MR) is 80.4 cm³/mol. The maximum Gasteiger partial charge on any atom is 0.0640 e. The summed E-state index contributed by atoms with van der Waals surface area (Å²) in [5, 5.41) is 8.23. The number of unbranched alkanes of at least 4 members (excludes halogenated alkanes) is 1. The van der Waals surface area contributed by atoms with Gasteiger partial charge in [-0.2, -0.15) is 5.10 Å². The summed E-state index contributed by atoms with van der Waals surface area (Å²) in [6, 6.07) is 3.45. The van der Waals surface area contributed by atoms with Crippen LogP contribution in [0.15, 0.2) is 12.3 Å². The Labute approximate surface area is 117 Å². The molecule has 0 aromatic carbocycles. The largest absolute Gasteiger partial charge is 0.317 e. The number of hydrogen-bond donors (Lipinski definition) is 1. The molecule has 1 fully saturated rings. The van der Waals surface area contributed by atoms with Crippen LogP contribution < -0.4 is 5.32 Å². The third kappa shape index (κ3) is 4.34. The summed E-state index contributed by atoms with van der Waals surface area (Å²) in [6.45, 7) is 2.25. The Morgan fingerprint density at radius 3 is 2.84 bits per heavy atom. The van der Waals surface area contributed by atoms with Crippen LogP contribution >= 0.6 is 0 Å². The van der Waals surface area contributed by atoms with Gasteiger partial charge in [-0.05, 0) is 32.4 Å². The maximum absolute atomic E-state index is 4.81. The second kappa shape index (κ2) is 7.68. The average molecular weight is 263 g/mol. The van der Waals surface area contributed by atoms with Crippen LogP contribution in [0.5, 0.6) is 0 Å². The van der Waals surface area contributed by atoms with E-state index in [1.54, 1.807) is 0 Å². The second-order valence-electron chi connectivity index (χ2n) is 5.91. The molecule has 1 saturated carbocycles. The van der Waals surface area contributed by atoms with Gasteiger partial charge in [-0.1, -0.05) is 39.0 Å². The first-order valence-corrected chi connectivity index (χ1v) is 8.04. The molecule has 1 unspecified atom stereocenters. The number of nitrogens with zero attached hydrogens (tertiary/aromatic N) is 2. The molecule has 0 bridgehead atoms. The highest BCUT2D eigenvalue weighted by Gasteiger charge is 2.16. The van der Waals surface area contributed by atoms with Crippen molar-refractivity contribution in [2.75, 3.05) is 7.05 Å². The lowest BCUT2D eigenvalue weighted by molar-refractivity contribution is 0.327. The fourth-order valence-electron chi connectivity index (χ4n) is 3.09. The van der Waals surface area contributed by atoms with Crippen LogP contribution in [0.25, 0.3) is 0 Å². The maximum atomic E-state index is 4.81. The molecule has 0 saturated heterocycles. The van der Waals surface area contributed by atoms with Crippen molar-refractivity contribution in [2.24, 2.45) is 0 Å². The normalized spacial score (nSPS) is 18.6. The quantitative estimate of drug-likeness (QED) is 0.812. The molecule has 3 nitrogen and oxygen atoms in total. The minimum Gasteiger partial charge on any atom is -0.317 e. The topological polar surface area (TPSA) is 29.9 Å². The minimum absolute atomic E-state index is 0.578. The van der Waals surface area contributed by atoms with Crippen molar-refractivity contribution in [3.8, 4) is 0 Å². The zero-order chi connectivity index (χ0) is 13.5. The fourth-order valence-corrected chi connectivity index (χ4v) is 3.09. The van der Waals surface area contributed by atoms with Gasteiger partial charge in [0.2, 0.25) is 0 Å². The molecule has 1 heterocycles. The van der Waals surface area contributed by atoms with Crippen LogP contribution in [0.1, 0.15) is 70.0 Å². The molecule has 0 aliphatic heterocycles. The third-order valence-electron chi connectivity index (χ3n) is 4.38. The molecule has 3 heteroatoms. The fraction of sp³-hybridized carbons (Fsp3) is 0.812. The van der Waals surface area contributed by atoms with Crippen LogP contribution in [-0.2, 0) is 6.42 Å². The van der Waals surface area contributed by atoms with Gasteiger partial charge in [0, 0.05) is 18.7 Å². The molecule has 0 spiro atoms. The monoisotopic (exact) mass is 263 g/mol. The van der Waals surface area contributed by atoms with Gasteiger partial charge >= 0.3 is 0 Å². The van der Waals surface area contributed by atoms with Crippen molar-refractivity contribution >= 4 is 0 Å². The van der Waals surface area contributed by atoms with Crippen LogP contribution in [0, 0.1) is 0 Å². The summed E-state index contributed by atoms with van der Waals surface area (Å²) < 4.78 is 2.22. The van der Waals surface area contributed by atoms with Gasteiger partial charge < -0.3 is 5.32 Å². The Hall–Kier alpha value is -0.830.